The monoisotopic (exact) mass is 228 g/mol. The standard InChI is InChI=1S/C14H32N2/c1-6-7-8-9-10-12-16(5)13-11-15-14(2,3)4/h15H,6-13H2,1-5H3. The first-order valence-electron chi connectivity index (χ1n) is 6.89. The first-order chi connectivity index (χ1) is 7.45. The van der Waals surface area contributed by atoms with Gasteiger partial charge in [0.2, 0.25) is 0 Å². The van der Waals surface area contributed by atoms with E-state index in [0.717, 1.165) is 13.1 Å². The van der Waals surface area contributed by atoms with E-state index in [1.807, 2.05) is 0 Å². The van der Waals surface area contributed by atoms with Gasteiger partial charge >= 0.3 is 0 Å². The van der Waals surface area contributed by atoms with Crippen LogP contribution in [0.15, 0.2) is 0 Å². The van der Waals surface area contributed by atoms with E-state index in [-0.39, 0.29) is 5.54 Å². The third-order valence-electron chi connectivity index (χ3n) is 2.79. The molecule has 2 nitrogen and oxygen atoms in total. The van der Waals surface area contributed by atoms with Gasteiger partial charge in [0.15, 0.2) is 0 Å². The molecule has 0 amide bonds. The minimum atomic E-state index is 0.252. The molecule has 0 saturated heterocycles. The van der Waals surface area contributed by atoms with Crippen molar-refractivity contribution < 1.29 is 0 Å². The second-order valence-electron chi connectivity index (χ2n) is 5.89. The topological polar surface area (TPSA) is 15.3 Å². The van der Waals surface area contributed by atoms with Gasteiger partial charge in [-0.05, 0) is 40.8 Å². The molecule has 0 saturated carbocycles. The van der Waals surface area contributed by atoms with Crippen molar-refractivity contribution in [2.75, 3.05) is 26.7 Å². The maximum Gasteiger partial charge on any atom is 0.0104 e. The fourth-order valence-corrected chi connectivity index (χ4v) is 1.72. The number of nitrogens with one attached hydrogen (secondary N) is 1. The van der Waals surface area contributed by atoms with Crippen molar-refractivity contribution in [2.24, 2.45) is 0 Å². The highest BCUT2D eigenvalue weighted by Crippen LogP contribution is 2.03. The van der Waals surface area contributed by atoms with Crippen molar-refractivity contribution in [3.8, 4) is 0 Å². The lowest BCUT2D eigenvalue weighted by molar-refractivity contribution is 0.302. The Morgan fingerprint density at radius 3 is 2.12 bits per heavy atom. The number of rotatable bonds is 9. The Labute approximate surface area is 103 Å². The van der Waals surface area contributed by atoms with Crippen LogP contribution in [0.2, 0.25) is 0 Å². The van der Waals surface area contributed by atoms with Crippen molar-refractivity contribution in [1.82, 2.24) is 10.2 Å². The van der Waals surface area contributed by atoms with E-state index in [0.29, 0.717) is 0 Å². The Balaban J connectivity index is 3.28. The van der Waals surface area contributed by atoms with Gasteiger partial charge in [-0.2, -0.15) is 0 Å². The van der Waals surface area contributed by atoms with E-state index in [9.17, 15) is 0 Å². The molecule has 0 heterocycles. The molecular formula is C14H32N2. The molecule has 0 bridgehead atoms. The van der Waals surface area contributed by atoms with Gasteiger partial charge in [0.25, 0.3) is 0 Å². The summed E-state index contributed by atoms with van der Waals surface area (Å²) < 4.78 is 0. The van der Waals surface area contributed by atoms with E-state index in [4.69, 9.17) is 0 Å². The molecule has 2 heteroatoms. The molecule has 0 spiro atoms. The second-order valence-corrected chi connectivity index (χ2v) is 5.89. The fraction of sp³-hybridized carbons (Fsp3) is 1.00. The van der Waals surface area contributed by atoms with Crippen LogP contribution in [0.25, 0.3) is 0 Å². The van der Waals surface area contributed by atoms with Crippen molar-refractivity contribution in [1.29, 1.82) is 0 Å². The molecule has 0 radical (unpaired) electrons. The molecule has 0 aromatic rings. The van der Waals surface area contributed by atoms with Gasteiger partial charge in [-0.25, -0.2) is 0 Å². The second kappa shape index (κ2) is 9.00. The molecule has 0 unspecified atom stereocenters. The Bertz CT molecular complexity index is 149. The number of hydrogen-bond acceptors (Lipinski definition) is 2. The molecule has 0 aliphatic heterocycles. The maximum atomic E-state index is 3.52. The van der Waals surface area contributed by atoms with Gasteiger partial charge in [-0.3, -0.25) is 0 Å². The zero-order valence-corrected chi connectivity index (χ0v) is 12.1. The van der Waals surface area contributed by atoms with Gasteiger partial charge in [0.1, 0.15) is 0 Å². The number of nitrogens with zero attached hydrogens (tertiary/aromatic N) is 1. The molecule has 16 heavy (non-hydrogen) atoms. The number of likely N-dealkylation sites (N-methyl/N-ethyl adjacent to an activating group) is 1. The molecule has 0 atom stereocenters. The van der Waals surface area contributed by atoms with Crippen LogP contribution >= 0.6 is 0 Å². The molecule has 98 valence electrons. The third-order valence-corrected chi connectivity index (χ3v) is 2.79. The summed E-state index contributed by atoms with van der Waals surface area (Å²) in [5.74, 6) is 0. The highest BCUT2D eigenvalue weighted by Gasteiger charge is 2.08. The fourth-order valence-electron chi connectivity index (χ4n) is 1.72. The number of hydrogen-bond donors (Lipinski definition) is 1. The van der Waals surface area contributed by atoms with E-state index in [2.05, 4.69) is 45.0 Å². The van der Waals surface area contributed by atoms with Crippen molar-refractivity contribution in [3.63, 3.8) is 0 Å². The largest absolute Gasteiger partial charge is 0.311 e. The predicted octanol–water partition coefficient (Wildman–Crippen LogP) is 3.28. The zero-order chi connectivity index (χ0) is 12.4. The highest BCUT2D eigenvalue weighted by atomic mass is 15.1. The first kappa shape index (κ1) is 15.9. The summed E-state index contributed by atoms with van der Waals surface area (Å²) in [6, 6.07) is 0. The minimum Gasteiger partial charge on any atom is -0.311 e. The van der Waals surface area contributed by atoms with E-state index < -0.39 is 0 Å². The lowest BCUT2D eigenvalue weighted by Gasteiger charge is -2.23. The Morgan fingerprint density at radius 1 is 0.938 bits per heavy atom. The van der Waals surface area contributed by atoms with E-state index in [1.165, 1.54) is 38.6 Å². The smallest absolute Gasteiger partial charge is 0.0104 e. The first-order valence-corrected chi connectivity index (χ1v) is 6.89. The quantitative estimate of drug-likeness (QED) is 0.609. The lowest BCUT2D eigenvalue weighted by Crippen LogP contribution is -2.40. The Hall–Kier alpha value is -0.0800. The maximum absolute atomic E-state index is 3.52. The Morgan fingerprint density at radius 2 is 1.56 bits per heavy atom. The van der Waals surface area contributed by atoms with Gasteiger partial charge in [0.05, 0.1) is 0 Å². The van der Waals surface area contributed by atoms with Crippen LogP contribution in [-0.2, 0) is 0 Å². The van der Waals surface area contributed by atoms with E-state index >= 15 is 0 Å². The molecule has 0 aromatic heterocycles. The lowest BCUT2D eigenvalue weighted by atomic mass is 10.1. The number of unbranched alkanes of at least 4 members (excludes halogenated alkanes) is 4. The van der Waals surface area contributed by atoms with Crippen LogP contribution in [0.3, 0.4) is 0 Å². The van der Waals surface area contributed by atoms with Crippen molar-refractivity contribution in [2.45, 2.75) is 65.3 Å². The summed E-state index contributed by atoms with van der Waals surface area (Å²) in [5, 5.41) is 3.52. The van der Waals surface area contributed by atoms with Gasteiger partial charge in [-0.1, -0.05) is 32.6 Å². The summed E-state index contributed by atoms with van der Waals surface area (Å²) in [4.78, 5) is 2.44. The van der Waals surface area contributed by atoms with Crippen LogP contribution in [0, 0.1) is 0 Å². The average Bonchev–Trinajstić information content (AvgIpc) is 2.15. The zero-order valence-electron chi connectivity index (χ0n) is 12.1. The summed E-state index contributed by atoms with van der Waals surface area (Å²) in [6.45, 7) is 12.4. The molecule has 0 aliphatic rings. The molecule has 0 fully saturated rings. The van der Waals surface area contributed by atoms with Gasteiger partial charge in [-0.15, -0.1) is 0 Å². The molecular weight excluding hydrogens is 196 g/mol. The molecule has 1 N–H and O–H groups in total. The third kappa shape index (κ3) is 12.0. The van der Waals surface area contributed by atoms with E-state index in [1.54, 1.807) is 0 Å². The SMILES string of the molecule is CCCCCCCN(C)CCNC(C)(C)C. The summed E-state index contributed by atoms with van der Waals surface area (Å²) in [7, 11) is 2.23. The van der Waals surface area contributed by atoms with Crippen LogP contribution in [0.4, 0.5) is 0 Å². The Kier molecular flexibility index (Phi) is 8.96. The van der Waals surface area contributed by atoms with Crippen molar-refractivity contribution >= 4 is 0 Å². The summed E-state index contributed by atoms with van der Waals surface area (Å²) in [5.41, 5.74) is 0.252. The minimum absolute atomic E-state index is 0.252. The van der Waals surface area contributed by atoms with Crippen LogP contribution in [0.1, 0.15) is 59.8 Å². The molecule has 0 rings (SSSR count). The average molecular weight is 228 g/mol. The summed E-state index contributed by atoms with van der Waals surface area (Å²) >= 11 is 0. The highest BCUT2D eigenvalue weighted by molar-refractivity contribution is 4.70. The molecule has 0 aromatic carbocycles. The van der Waals surface area contributed by atoms with Gasteiger partial charge in [0, 0.05) is 18.6 Å². The van der Waals surface area contributed by atoms with Crippen LogP contribution in [0.5, 0.6) is 0 Å². The predicted molar refractivity (Wildman–Crippen MR) is 74.0 cm³/mol. The van der Waals surface area contributed by atoms with Crippen LogP contribution < -0.4 is 5.32 Å². The molecule has 0 aliphatic carbocycles. The van der Waals surface area contributed by atoms with Crippen molar-refractivity contribution in [3.05, 3.63) is 0 Å². The van der Waals surface area contributed by atoms with Crippen LogP contribution in [-0.4, -0.2) is 37.1 Å². The van der Waals surface area contributed by atoms with Gasteiger partial charge < -0.3 is 10.2 Å². The normalized spacial score (nSPS) is 12.4. The summed E-state index contributed by atoms with van der Waals surface area (Å²) in [6.07, 6.45) is 6.89.